The maximum absolute atomic E-state index is 13.3. The molecule has 0 radical (unpaired) electrons. The molecule has 12 heteroatoms. The Kier molecular flexibility index (Phi) is 9.77. The zero-order valence-electron chi connectivity index (χ0n) is 22.7. The molecule has 2 atom stereocenters. The van der Waals surface area contributed by atoms with E-state index in [0.717, 1.165) is 5.56 Å². The summed E-state index contributed by atoms with van der Waals surface area (Å²) >= 11 is 0. The molecule has 0 spiro atoms. The number of carbonyl (C=O) groups excluding carboxylic acids is 3. The number of carbonyl (C=O) groups is 3. The fourth-order valence-electron chi connectivity index (χ4n) is 4.68. The topological polar surface area (TPSA) is 132 Å². The second-order valence-electron chi connectivity index (χ2n) is 9.72. The van der Waals surface area contributed by atoms with E-state index in [9.17, 15) is 22.8 Å². The van der Waals surface area contributed by atoms with Crippen molar-refractivity contribution in [1.82, 2.24) is 14.5 Å². The van der Waals surface area contributed by atoms with Crippen LogP contribution in [-0.2, 0) is 35.5 Å². The fraction of sp³-hybridized carbons (Fsp3) is 0.464. The van der Waals surface area contributed by atoms with E-state index < -0.39 is 40.1 Å². The molecule has 2 saturated heterocycles. The molecule has 2 aromatic rings. The van der Waals surface area contributed by atoms with Crippen LogP contribution in [0.15, 0.2) is 53.4 Å². The van der Waals surface area contributed by atoms with Gasteiger partial charge in [0.05, 0.1) is 24.7 Å². The number of sulfonamides is 1. The highest BCUT2D eigenvalue weighted by Gasteiger charge is 2.40. The van der Waals surface area contributed by atoms with E-state index in [2.05, 4.69) is 5.32 Å². The largest absolute Gasteiger partial charge is 0.464 e. The third kappa shape index (κ3) is 7.18. The van der Waals surface area contributed by atoms with Gasteiger partial charge in [-0.05, 0) is 56.5 Å². The van der Waals surface area contributed by atoms with Crippen molar-refractivity contribution in [3.63, 3.8) is 0 Å². The molecule has 11 nitrogen and oxygen atoms in total. The average Bonchev–Trinajstić information content (AvgIpc) is 3.46. The molecule has 2 aromatic carbocycles. The van der Waals surface area contributed by atoms with E-state index in [1.54, 1.807) is 48.2 Å². The maximum Gasteiger partial charge on any atom is 0.415 e. The minimum Gasteiger partial charge on any atom is -0.464 e. The highest BCUT2D eigenvalue weighted by atomic mass is 32.2. The van der Waals surface area contributed by atoms with Crippen LogP contribution in [0.1, 0.15) is 30.9 Å². The van der Waals surface area contributed by atoms with Crippen molar-refractivity contribution in [2.75, 3.05) is 39.5 Å². The van der Waals surface area contributed by atoms with Gasteiger partial charge in [-0.2, -0.15) is 4.31 Å². The van der Waals surface area contributed by atoms with E-state index in [4.69, 9.17) is 14.2 Å². The lowest BCUT2D eigenvalue weighted by atomic mass is 10.0. The van der Waals surface area contributed by atoms with Crippen molar-refractivity contribution in [3.8, 4) is 5.75 Å². The standard InChI is InChI=1S/C28H35N3O8S/c1-3-38-27(33)24(19-21-8-10-22(11-9-21)39-28(34)30-15-17-37-18-16-30)29-26(32)25-5-4-14-31(25)40(35,36)23-12-6-20(2)7-13-23/h6-13,24-25H,3-5,14-19H2,1-2H3,(H,29,32)/t24-,25-/m0/s1. The number of ether oxygens (including phenoxy) is 3. The molecular weight excluding hydrogens is 538 g/mol. The first-order chi connectivity index (χ1) is 19.2. The van der Waals surface area contributed by atoms with Crippen LogP contribution in [0.4, 0.5) is 4.79 Å². The zero-order chi connectivity index (χ0) is 28.7. The van der Waals surface area contributed by atoms with Gasteiger partial charge in [-0.15, -0.1) is 0 Å². The predicted octanol–water partition coefficient (Wildman–Crippen LogP) is 2.27. The Labute approximate surface area is 234 Å². The molecule has 2 aliphatic heterocycles. The van der Waals surface area contributed by atoms with Crippen molar-refractivity contribution in [2.24, 2.45) is 0 Å². The Morgan fingerprint density at radius 3 is 2.35 bits per heavy atom. The Morgan fingerprint density at radius 1 is 1.02 bits per heavy atom. The number of nitrogens with zero attached hydrogens (tertiary/aromatic N) is 2. The van der Waals surface area contributed by atoms with Crippen molar-refractivity contribution in [2.45, 2.75) is 50.1 Å². The summed E-state index contributed by atoms with van der Waals surface area (Å²) in [7, 11) is -3.89. The number of rotatable bonds is 9. The summed E-state index contributed by atoms with van der Waals surface area (Å²) in [5.41, 5.74) is 1.62. The van der Waals surface area contributed by atoms with Crippen molar-refractivity contribution in [1.29, 1.82) is 0 Å². The van der Waals surface area contributed by atoms with Crippen LogP contribution in [0, 0.1) is 6.92 Å². The lowest BCUT2D eigenvalue weighted by Gasteiger charge is -2.26. The van der Waals surface area contributed by atoms with E-state index in [0.29, 0.717) is 50.5 Å². The number of hydrogen-bond donors (Lipinski definition) is 1. The number of morpholine rings is 1. The van der Waals surface area contributed by atoms with E-state index in [-0.39, 0.29) is 24.5 Å². The average molecular weight is 574 g/mol. The highest BCUT2D eigenvalue weighted by Crippen LogP contribution is 2.27. The van der Waals surface area contributed by atoms with Crippen LogP contribution in [0.25, 0.3) is 0 Å². The van der Waals surface area contributed by atoms with Gasteiger partial charge in [0.15, 0.2) is 0 Å². The summed E-state index contributed by atoms with van der Waals surface area (Å²) < 4.78 is 43.6. The molecule has 2 amide bonds. The SMILES string of the molecule is CCOC(=O)[C@H](Cc1ccc(OC(=O)N2CCOCC2)cc1)NC(=O)[C@@H]1CCCN1S(=O)(=O)c1ccc(C)cc1. The van der Waals surface area contributed by atoms with Crippen LogP contribution >= 0.6 is 0 Å². The van der Waals surface area contributed by atoms with Gasteiger partial charge in [0.25, 0.3) is 0 Å². The molecule has 216 valence electrons. The van der Waals surface area contributed by atoms with Crippen molar-refractivity contribution >= 4 is 28.0 Å². The van der Waals surface area contributed by atoms with Gasteiger partial charge in [0, 0.05) is 26.1 Å². The predicted molar refractivity (Wildman–Crippen MR) is 145 cm³/mol. The van der Waals surface area contributed by atoms with Gasteiger partial charge >= 0.3 is 12.1 Å². The summed E-state index contributed by atoms with van der Waals surface area (Å²) in [6, 6.07) is 11.1. The van der Waals surface area contributed by atoms with Crippen molar-refractivity contribution in [3.05, 3.63) is 59.7 Å². The van der Waals surface area contributed by atoms with Crippen LogP contribution < -0.4 is 10.1 Å². The molecule has 2 aliphatic rings. The Balaban J connectivity index is 1.43. The molecule has 0 saturated carbocycles. The van der Waals surface area contributed by atoms with Crippen LogP contribution in [-0.4, -0.2) is 87.1 Å². The van der Waals surface area contributed by atoms with Gasteiger partial charge in [-0.3, -0.25) is 4.79 Å². The second-order valence-corrected chi connectivity index (χ2v) is 11.6. The molecule has 0 unspecified atom stereocenters. The number of nitrogens with one attached hydrogen (secondary N) is 1. The Morgan fingerprint density at radius 2 is 1.70 bits per heavy atom. The first-order valence-corrected chi connectivity index (χ1v) is 14.8. The number of aryl methyl sites for hydroxylation is 1. The van der Waals surface area contributed by atoms with Gasteiger partial charge in [0.1, 0.15) is 17.8 Å². The molecule has 0 aliphatic carbocycles. The van der Waals surface area contributed by atoms with Crippen LogP contribution in [0.2, 0.25) is 0 Å². The minimum absolute atomic E-state index is 0.111. The molecule has 4 rings (SSSR count). The maximum atomic E-state index is 13.3. The van der Waals surface area contributed by atoms with Gasteiger partial charge < -0.3 is 24.4 Å². The molecule has 0 bridgehead atoms. The van der Waals surface area contributed by atoms with Gasteiger partial charge in [-0.25, -0.2) is 18.0 Å². The number of amides is 2. The Hall–Kier alpha value is -3.48. The van der Waals surface area contributed by atoms with Crippen LogP contribution in [0.5, 0.6) is 5.75 Å². The number of esters is 1. The highest BCUT2D eigenvalue weighted by molar-refractivity contribution is 7.89. The van der Waals surface area contributed by atoms with Gasteiger partial charge in [0.2, 0.25) is 15.9 Å². The summed E-state index contributed by atoms with van der Waals surface area (Å²) in [5, 5.41) is 2.72. The smallest absolute Gasteiger partial charge is 0.415 e. The Bertz CT molecular complexity index is 1290. The molecule has 0 aromatic heterocycles. The third-order valence-electron chi connectivity index (χ3n) is 6.86. The third-order valence-corrected chi connectivity index (χ3v) is 8.78. The zero-order valence-corrected chi connectivity index (χ0v) is 23.5. The molecule has 40 heavy (non-hydrogen) atoms. The van der Waals surface area contributed by atoms with E-state index in [1.807, 2.05) is 6.92 Å². The monoisotopic (exact) mass is 573 g/mol. The number of benzene rings is 2. The summed E-state index contributed by atoms with van der Waals surface area (Å²) in [4.78, 5) is 40.1. The molecule has 1 N–H and O–H groups in total. The van der Waals surface area contributed by atoms with E-state index >= 15 is 0 Å². The van der Waals surface area contributed by atoms with Gasteiger partial charge in [-0.1, -0.05) is 29.8 Å². The first-order valence-electron chi connectivity index (χ1n) is 13.4. The summed E-state index contributed by atoms with van der Waals surface area (Å²) in [6.45, 7) is 5.72. The number of hydrogen-bond acceptors (Lipinski definition) is 8. The quantitative estimate of drug-likeness (QED) is 0.452. The summed E-state index contributed by atoms with van der Waals surface area (Å²) in [6.07, 6.45) is 0.516. The van der Waals surface area contributed by atoms with E-state index in [1.165, 1.54) is 16.4 Å². The molecular formula is C28H35N3O8S. The van der Waals surface area contributed by atoms with Crippen LogP contribution in [0.3, 0.4) is 0 Å². The first kappa shape index (κ1) is 29.5. The lowest BCUT2D eigenvalue weighted by Crippen LogP contribution is -2.51. The fourth-order valence-corrected chi connectivity index (χ4v) is 6.34. The molecule has 2 heterocycles. The minimum atomic E-state index is -3.89. The van der Waals surface area contributed by atoms with Crippen molar-refractivity contribution < 1.29 is 37.0 Å². The summed E-state index contributed by atoms with van der Waals surface area (Å²) in [5.74, 6) is -0.827. The second kappa shape index (κ2) is 13.2. The molecule has 2 fully saturated rings. The normalized spacial score (nSPS) is 18.6. The lowest BCUT2D eigenvalue weighted by molar-refractivity contribution is -0.147.